The van der Waals surface area contributed by atoms with E-state index in [4.69, 9.17) is 11.6 Å². The number of piperazine rings is 1. The van der Waals surface area contributed by atoms with E-state index >= 15 is 0 Å². The molecule has 0 saturated carbocycles. The summed E-state index contributed by atoms with van der Waals surface area (Å²) in [7, 11) is 0. The van der Waals surface area contributed by atoms with Gasteiger partial charge in [-0.1, -0.05) is 18.5 Å². The van der Waals surface area contributed by atoms with Gasteiger partial charge in [0.15, 0.2) is 5.82 Å². The summed E-state index contributed by atoms with van der Waals surface area (Å²) in [6, 6.07) is 8.89. The largest absolute Gasteiger partial charge is 0.301 e. The first-order chi connectivity index (χ1) is 12.6. The number of fused-ring (bicyclic) bond motifs is 1. The van der Waals surface area contributed by atoms with Crippen LogP contribution in [0.5, 0.6) is 0 Å². The second kappa shape index (κ2) is 7.19. The van der Waals surface area contributed by atoms with Crippen molar-refractivity contribution in [3.63, 3.8) is 0 Å². The van der Waals surface area contributed by atoms with Crippen LogP contribution >= 0.6 is 11.6 Å². The van der Waals surface area contributed by atoms with Gasteiger partial charge in [-0.05, 0) is 30.8 Å². The number of halogens is 1. The summed E-state index contributed by atoms with van der Waals surface area (Å²) in [6.07, 6.45) is 0. The van der Waals surface area contributed by atoms with Crippen molar-refractivity contribution in [3.05, 3.63) is 51.4 Å². The van der Waals surface area contributed by atoms with E-state index in [1.54, 1.807) is 18.2 Å². The molecule has 0 spiro atoms. The van der Waals surface area contributed by atoms with Crippen molar-refractivity contribution in [2.24, 2.45) is 0 Å². The Morgan fingerprint density at radius 2 is 1.77 bits per heavy atom. The molecule has 8 heteroatoms. The van der Waals surface area contributed by atoms with Crippen LogP contribution in [0.15, 0.2) is 35.1 Å². The van der Waals surface area contributed by atoms with Gasteiger partial charge in [-0.15, -0.1) is 0 Å². The molecule has 3 aromatic rings. The minimum atomic E-state index is -0.148. The van der Waals surface area contributed by atoms with Gasteiger partial charge in [0, 0.05) is 49.4 Å². The molecule has 1 fully saturated rings. The standard InChI is InChI=1S/C18H21ClN6O/c1-2-23-7-9-24(10-8-23)12-15-11-16(26)25-18(20-15)21-17(22-25)13-3-5-14(19)6-4-13/h3-6,11H,2,7-10,12H2,1H3,(H,20,21,22). The van der Waals surface area contributed by atoms with Crippen molar-refractivity contribution in [2.45, 2.75) is 13.5 Å². The van der Waals surface area contributed by atoms with Gasteiger partial charge in [-0.2, -0.15) is 9.50 Å². The molecule has 1 saturated heterocycles. The Bertz CT molecular complexity index is 956. The number of hydrogen-bond donors (Lipinski definition) is 1. The highest BCUT2D eigenvalue weighted by molar-refractivity contribution is 6.30. The van der Waals surface area contributed by atoms with Gasteiger partial charge in [0.1, 0.15) is 0 Å². The molecule has 7 nitrogen and oxygen atoms in total. The SMILES string of the molecule is CCN1CCN(Cc2cc(=O)n3[nH]c(-c4ccc(Cl)cc4)nc3n2)CC1. The number of likely N-dealkylation sites (N-methyl/N-ethyl adjacent to an activating group) is 1. The number of H-pyrrole nitrogens is 1. The van der Waals surface area contributed by atoms with E-state index < -0.39 is 0 Å². The lowest BCUT2D eigenvalue weighted by atomic mass is 10.2. The van der Waals surface area contributed by atoms with Crippen LogP contribution in [0.3, 0.4) is 0 Å². The Hall–Kier alpha value is -2.22. The highest BCUT2D eigenvalue weighted by Crippen LogP contribution is 2.18. The molecule has 0 bridgehead atoms. The van der Waals surface area contributed by atoms with E-state index in [1.165, 1.54) is 4.52 Å². The molecule has 1 N–H and O–H groups in total. The van der Waals surface area contributed by atoms with Crippen molar-refractivity contribution < 1.29 is 0 Å². The Kier molecular flexibility index (Phi) is 4.76. The Morgan fingerprint density at radius 3 is 2.46 bits per heavy atom. The van der Waals surface area contributed by atoms with Gasteiger partial charge in [0.2, 0.25) is 0 Å². The third-order valence-corrected chi connectivity index (χ3v) is 5.05. The Morgan fingerprint density at radius 1 is 1.08 bits per heavy atom. The molecule has 0 unspecified atom stereocenters. The van der Waals surface area contributed by atoms with Crippen LogP contribution in [0.1, 0.15) is 12.6 Å². The first-order valence-corrected chi connectivity index (χ1v) is 9.19. The Labute approximate surface area is 156 Å². The average Bonchev–Trinajstić information content (AvgIpc) is 3.08. The van der Waals surface area contributed by atoms with Crippen molar-refractivity contribution in [2.75, 3.05) is 32.7 Å². The van der Waals surface area contributed by atoms with Crippen molar-refractivity contribution in [1.82, 2.24) is 29.4 Å². The molecule has 4 rings (SSSR count). The molecule has 0 aliphatic carbocycles. The van der Waals surface area contributed by atoms with Gasteiger partial charge in [-0.25, -0.2) is 4.98 Å². The summed E-state index contributed by atoms with van der Waals surface area (Å²) < 4.78 is 1.38. The lowest BCUT2D eigenvalue weighted by Crippen LogP contribution is -2.45. The second-order valence-corrected chi connectivity index (χ2v) is 6.95. The van der Waals surface area contributed by atoms with Gasteiger partial charge < -0.3 is 4.90 Å². The lowest BCUT2D eigenvalue weighted by molar-refractivity contribution is 0.131. The van der Waals surface area contributed by atoms with E-state index in [2.05, 4.69) is 31.8 Å². The second-order valence-electron chi connectivity index (χ2n) is 6.51. The molecule has 1 aliphatic rings. The minimum absolute atomic E-state index is 0.148. The fourth-order valence-electron chi connectivity index (χ4n) is 3.24. The number of aromatic nitrogens is 4. The van der Waals surface area contributed by atoms with E-state index in [0.29, 0.717) is 23.2 Å². The Balaban J connectivity index is 1.58. The minimum Gasteiger partial charge on any atom is -0.301 e. The normalized spacial score (nSPS) is 16.4. The van der Waals surface area contributed by atoms with Crippen LogP contribution < -0.4 is 5.56 Å². The number of hydrogen-bond acceptors (Lipinski definition) is 5. The van der Waals surface area contributed by atoms with E-state index in [-0.39, 0.29) is 5.56 Å². The number of rotatable bonds is 4. The predicted molar refractivity (Wildman–Crippen MR) is 101 cm³/mol. The summed E-state index contributed by atoms with van der Waals surface area (Å²) in [6.45, 7) is 8.03. The summed E-state index contributed by atoms with van der Waals surface area (Å²) in [5, 5.41) is 3.67. The summed E-state index contributed by atoms with van der Waals surface area (Å²) in [5.74, 6) is 0.990. The molecule has 1 aliphatic heterocycles. The van der Waals surface area contributed by atoms with E-state index in [1.807, 2.05) is 12.1 Å². The maximum Gasteiger partial charge on any atom is 0.274 e. The molecule has 26 heavy (non-hydrogen) atoms. The topological polar surface area (TPSA) is 69.5 Å². The zero-order chi connectivity index (χ0) is 18.1. The zero-order valence-corrected chi connectivity index (χ0v) is 15.4. The highest BCUT2D eigenvalue weighted by atomic mass is 35.5. The molecule has 2 aromatic heterocycles. The summed E-state index contributed by atoms with van der Waals surface area (Å²) >= 11 is 5.93. The molecule has 136 valence electrons. The fourth-order valence-corrected chi connectivity index (χ4v) is 3.36. The fraction of sp³-hybridized carbons (Fsp3) is 0.389. The van der Waals surface area contributed by atoms with Crippen LogP contribution in [0, 0.1) is 0 Å². The smallest absolute Gasteiger partial charge is 0.274 e. The van der Waals surface area contributed by atoms with Crippen molar-refractivity contribution in [3.8, 4) is 11.4 Å². The van der Waals surface area contributed by atoms with E-state index in [9.17, 15) is 4.79 Å². The quantitative estimate of drug-likeness (QED) is 0.757. The van der Waals surface area contributed by atoms with Crippen LogP contribution in [0.25, 0.3) is 17.2 Å². The molecule has 0 atom stereocenters. The summed E-state index contributed by atoms with van der Waals surface area (Å²) in [4.78, 5) is 26.2. The molecule has 0 radical (unpaired) electrons. The van der Waals surface area contributed by atoms with Crippen LogP contribution in [0.2, 0.25) is 5.02 Å². The number of nitrogens with one attached hydrogen (secondary N) is 1. The third kappa shape index (κ3) is 3.51. The molecular formula is C18H21ClN6O. The van der Waals surface area contributed by atoms with Crippen LogP contribution in [-0.2, 0) is 6.54 Å². The van der Waals surface area contributed by atoms with Crippen molar-refractivity contribution >= 4 is 17.4 Å². The first kappa shape index (κ1) is 17.2. The third-order valence-electron chi connectivity index (χ3n) is 4.80. The molecule has 0 amide bonds. The number of nitrogens with zero attached hydrogens (tertiary/aromatic N) is 5. The monoisotopic (exact) mass is 372 g/mol. The summed E-state index contributed by atoms with van der Waals surface area (Å²) in [5.41, 5.74) is 1.47. The lowest BCUT2D eigenvalue weighted by Gasteiger charge is -2.33. The maximum atomic E-state index is 12.4. The van der Waals surface area contributed by atoms with Gasteiger partial charge in [0.05, 0.1) is 5.69 Å². The molecular weight excluding hydrogens is 352 g/mol. The molecule has 1 aromatic carbocycles. The maximum absolute atomic E-state index is 12.4. The zero-order valence-electron chi connectivity index (χ0n) is 14.7. The average molecular weight is 373 g/mol. The molecule has 3 heterocycles. The van der Waals surface area contributed by atoms with Gasteiger partial charge in [-0.3, -0.25) is 14.8 Å². The van der Waals surface area contributed by atoms with Crippen molar-refractivity contribution in [1.29, 1.82) is 0 Å². The van der Waals surface area contributed by atoms with E-state index in [0.717, 1.165) is 44.0 Å². The first-order valence-electron chi connectivity index (χ1n) is 8.82. The number of benzene rings is 1. The highest BCUT2D eigenvalue weighted by Gasteiger charge is 2.17. The van der Waals surface area contributed by atoms with Gasteiger partial charge >= 0.3 is 0 Å². The van der Waals surface area contributed by atoms with Crippen LogP contribution in [-0.4, -0.2) is 62.1 Å². The number of aromatic amines is 1. The van der Waals surface area contributed by atoms with Gasteiger partial charge in [0.25, 0.3) is 11.3 Å². The predicted octanol–water partition coefficient (Wildman–Crippen LogP) is 1.88. The van der Waals surface area contributed by atoms with Crippen LogP contribution in [0.4, 0.5) is 0 Å².